The van der Waals surface area contributed by atoms with Crippen molar-refractivity contribution in [3.63, 3.8) is 0 Å². The number of anilines is 2. The first-order valence-corrected chi connectivity index (χ1v) is 10.8. The predicted octanol–water partition coefficient (Wildman–Crippen LogP) is 2.79. The molecule has 1 fully saturated rings. The van der Waals surface area contributed by atoms with Crippen LogP contribution in [0.25, 0.3) is 16.9 Å². The van der Waals surface area contributed by atoms with Gasteiger partial charge in [0.25, 0.3) is 0 Å². The lowest BCUT2D eigenvalue weighted by atomic mass is 10.1. The van der Waals surface area contributed by atoms with Gasteiger partial charge in [0.05, 0.1) is 36.0 Å². The van der Waals surface area contributed by atoms with Gasteiger partial charge in [-0.2, -0.15) is 10.2 Å². The van der Waals surface area contributed by atoms with Gasteiger partial charge in [-0.25, -0.2) is 9.97 Å². The highest BCUT2D eigenvalue weighted by molar-refractivity contribution is 5.74. The van der Waals surface area contributed by atoms with Gasteiger partial charge in [0.15, 0.2) is 11.5 Å². The van der Waals surface area contributed by atoms with Crippen molar-refractivity contribution >= 4 is 17.2 Å². The molecule has 0 spiro atoms. The van der Waals surface area contributed by atoms with Crippen LogP contribution in [-0.4, -0.2) is 47.0 Å². The Kier molecular flexibility index (Phi) is 4.26. The first-order chi connectivity index (χ1) is 14.9. The molecule has 0 atom stereocenters. The highest BCUT2D eigenvalue weighted by atomic mass is 15.3. The molecule has 9 nitrogen and oxygen atoms in total. The van der Waals surface area contributed by atoms with Crippen molar-refractivity contribution in [1.82, 2.24) is 39.2 Å². The van der Waals surface area contributed by atoms with E-state index in [1.54, 1.807) is 0 Å². The highest BCUT2D eigenvalue weighted by Gasteiger charge is 2.20. The normalized spacial score (nSPS) is 17.3. The zero-order valence-electron chi connectivity index (χ0n) is 16.8. The molecule has 0 bridgehead atoms. The summed E-state index contributed by atoms with van der Waals surface area (Å²) >= 11 is 0. The molecular formula is C21H25N9. The Labute approximate surface area is 174 Å². The lowest BCUT2D eigenvalue weighted by Gasteiger charge is -2.22. The van der Waals surface area contributed by atoms with Gasteiger partial charge in [-0.15, -0.1) is 0 Å². The summed E-state index contributed by atoms with van der Waals surface area (Å²) in [5.41, 5.74) is 5.21. The fourth-order valence-electron chi connectivity index (χ4n) is 4.65. The Morgan fingerprint density at radius 2 is 1.97 bits per heavy atom. The van der Waals surface area contributed by atoms with Gasteiger partial charge in [-0.3, -0.25) is 13.8 Å². The van der Waals surface area contributed by atoms with Gasteiger partial charge in [0, 0.05) is 36.4 Å². The summed E-state index contributed by atoms with van der Waals surface area (Å²) in [5, 5.41) is 16.0. The Morgan fingerprint density at radius 3 is 2.90 bits per heavy atom. The average molecular weight is 403 g/mol. The second-order valence-electron chi connectivity index (χ2n) is 8.11. The van der Waals surface area contributed by atoms with Crippen LogP contribution in [0.4, 0.5) is 11.5 Å². The molecule has 0 amide bonds. The topological polar surface area (TPSA) is 89.9 Å². The van der Waals surface area contributed by atoms with Crippen molar-refractivity contribution in [2.24, 2.45) is 0 Å². The monoisotopic (exact) mass is 403 g/mol. The van der Waals surface area contributed by atoms with Crippen LogP contribution in [0.3, 0.4) is 0 Å². The Hall–Kier alpha value is -3.20. The third kappa shape index (κ3) is 2.97. The smallest absolute Gasteiger partial charge is 0.180 e. The van der Waals surface area contributed by atoms with E-state index in [0.717, 1.165) is 67.3 Å². The Bertz CT molecular complexity index is 1180. The molecule has 4 aromatic heterocycles. The number of piperidine rings is 1. The van der Waals surface area contributed by atoms with Gasteiger partial charge in [-0.1, -0.05) is 0 Å². The molecule has 0 aliphatic carbocycles. The quantitative estimate of drug-likeness (QED) is 0.545. The summed E-state index contributed by atoms with van der Waals surface area (Å²) in [6, 6.07) is 0.456. The van der Waals surface area contributed by atoms with E-state index in [9.17, 15) is 0 Å². The molecule has 4 aromatic rings. The van der Waals surface area contributed by atoms with Gasteiger partial charge < -0.3 is 10.6 Å². The van der Waals surface area contributed by atoms with Crippen molar-refractivity contribution in [1.29, 1.82) is 0 Å². The van der Waals surface area contributed by atoms with E-state index in [1.807, 2.05) is 31.0 Å². The van der Waals surface area contributed by atoms with Crippen LogP contribution in [-0.2, 0) is 13.0 Å². The first kappa shape index (κ1) is 17.6. The van der Waals surface area contributed by atoms with Gasteiger partial charge in [0.1, 0.15) is 0 Å². The fraction of sp³-hybridized carbons (Fsp3) is 0.429. The van der Waals surface area contributed by atoms with Gasteiger partial charge in [-0.05, 0) is 45.2 Å². The van der Waals surface area contributed by atoms with Crippen molar-refractivity contribution in [3.8, 4) is 11.3 Å². The predicted molar refractivity (Wildman–Crippen MR) is 114 cm³/mol. The van der Waals surface area contributed by atoms with Crippen LogP contribution < -0.4 is 10.6 Å². The molecule has 1 saturated heterocycles. The maximum atomic E-state index is 4.72. The fourth-order valence-corrected chi connectivity index (χ4v) is 4.65. The number of fused-ring (bicyclic) bond motifs is 2. The van der Waals surface area contributed by atoms with E-state index in [4.69, 9.17) is 4.98 Å². The highest BCUT2D eigenvalue weighted by Crippen LogP contribution is 2.30. The zero-order valence-corrected chi connectivity index (χ0v) is 16.8. The van der Waals surface area contributed by atoms with Crippen LogP contribution in [0.5, 0.6) is 0 Å². The SMILES string of the molecule is c1cn2c(-c3cnn4c3CCCC4)cnc(Nc3cnn(C4CCNCC4)c3)c2n1. The summed E-state index contributed by atoms with van der Waals surface area (Å²) in [5.74, 6) is 0.731. The van der Waals surface area contributed by atoms with Crippen LogP contribution in [0.15, 0.2) is 37.2 Å². The van der Waals surface area contributed by atoms with E-state index in [-0.39, 0.29) is 0 Å². The number of rotatable bonds is 4. The number of aryl methyl sites for hydroxylation is 1. The molecule has 9 heteroatoms. The minimum atomic E-state index is 0.456. The summed E-state index contributed by atoms with van der Waals surface area (Å²) in [6.07, 6.45) is 17.3. The molecule has 0 saturated carbocycles. The molecule has 0 aromatic carbocycles. The lowest BCUT2D eigenvalue weighted by molar-refractivity contribution is 0.343. The second-order valence-corrected chi connectivity index (χ2v) is 8.11. The summed E-state index contributed by atoms with van der Waals surface area (Å²) in [6.45, 7) is 3.09. The maximum Gasteiger partial charge on any atom is 0.180 e. The lowest BCUT2D eigenvalue weighted by Crippen LogP contribution is -2.29. The van der Waals surface area contributed by atoms with Crippen molar-refractivity contribution < 1.29 is 0 Å². The first-order valence-electron chi connectivity index (χ1n) is 10.8. The molecule has 2 N–H and O–H groups in total. The standard InChI is InChI=1S/C21H25N9/c1-2-9-29-18(3-1)17(12-26-29)19-13-24-20(21-23-8-10-28(19)21)27-15-11-25-30(14-15)16-4-6-22-7-5-16/h8,10-14,16,22H,1-7,9H2,(H,24,27). The van der Waals surface area contributed by atoms with E-state index in [2.05, 4.69) is 45.8 Å². The minimum absolute atomic E-state index is 0.456. The van der Waals surface area contributed by atoms with E-state index in [0.29, 0.717) is 6.04 Å². The number of nitrogens with one attached hydrogen (secondary N) is 2. The van der Waals surface area contributed by atoms with Gasteiger partial charge >= 0.3 is 0 Å². The van der Waals surface area contributed by atoms with Crippen molar-refractivity contribution in [2.45, 2.75) is 44.7 Å². The Morgan fingerprint density at radius 1 is 1.03 bits per heavy atom. The van der Waals surface area contributed by atoms with Crippen molar-refractivity contribution in [3.05, 3.63) is 42.9 Å². The number of imidazole rings is 1. The molecule has 30 heavy (non-hydrogen) atoms. The molecule has 0 unspecified atom stereocenters. The third-order valence-electron chi connectivity index (χ3n) is 6.23. The molecule has 154 valence electrons. The second kappa shape index (κ2) is 7.24. The number of hydrogen-bond donors (Lipinski definition) is 2. The number of aromatic nitrogens is 7. The third-order valence-corrected chi connectivity index (χ3v) is 6.23. The molecule has 0 radical (unpaired) electrons. The van der Waals surface area contributed by atoms with Crippen LogP contribution >= 0.6 is 0 Å². The zero-order chi connectivity index (χ0) is 19.9. The van der Waals surface area contributed by atoms with E-state index < -0.39 is 0 Å². The summed E-state index contributed by atoms with van der Waals surface area (Å²) < 4.78 is 6.29. The molecule has 2 aliphatic heterocycles. The van der Waals surface area contributed by atoms with E-state index >= 15 is 0 Å². The number of hydrogen-bond acceptors (Lipinski definition) is 6. The van der Waals surface area contributed by atoms with E-state index in [1.165, 1.54) is 18.5 Å². The Balaban J connectivity index is 1.32. The van der Waals surface area contributed by atoms with Crippen LogP contribution in [0.1, 0.15) is 37.4 Å². The molecular weight excluding hydrogens is 378 g/mol. The number of nitrogens with zero attached hydrogens (tertiary/aromatic N) is 7. The average Bonchev–Trinajstić information content (AvgIpc) is 3.54. The van der Waals surface area contributed by atoms with Crippen LogP contribution in [0.2, 0.25) is 0 Å². The summed E-state index contributed by atoms with van der Waals surface area (Å²) in [4.78, 5) is 9.29. The van der Waals surface area contributed by atoms with Gasteiger partial charge in [0.2, 0.25) is 0 Å². The molecule has 2 aliphatic rings. The van der Waals surface area contributed by atoms with Crippen molar-refractivity contribution in [2.75, 3.05) is 18.4 Å². The summed E-state index contributed by atoms with van der Waals surface area (Å²) in [7, 11) is 0. The maximum absolute atomic E-state index is 4.72. The van der Waals surface area contributed by atoms with Crippen LogP contribution in [0, 0.1) is 0 Å². The minimum Gasteiger partial charge on any atom is -0.335 e. The molecule has 6 rings (SSSR count). The largest absolute Gasteiger partial charge is 0.335 e. The molecule has 6 heterocycles.